The molecule has 1 saturated carbocycles. The molecule has 1 spiro atoms. The summed E-state index contributed by atoms with van der Waals surface area (Å²) in [6.45, 7) is 0.713. The first-order valence-corrected chi connectivity index (χ1v) is 7.94. The molecule has 1 aliphatic carbocycles. The quantitative estimate of drug-likeness (QED) is 0.824. The van der Waals surface area contributed by atoms with Crippen LogP contribution >= 0.6 is 23.2 Å². The third-order valence-corrected chi connectivity index (χ3v) is 5.18. The van der Waals surface area contributed by atoms with Crippen molar-refractivity contribution in [1.82, 2.24) is 0 Å². The molecule has 0 N–H and O–H groups in total. The van der Waals surface area contributed by atoms with Gasteiger partial charge in [-0.25, -0.2) is 0 Å². The lowest BCUT2D eigenvalue weighted by atomic mass is 9.71. The maximum absolute atomic E-state index is 12.5. The van der Waals surface area contributed by atoms with Gasteiger partial charge in [0.25, 0.3) is 0 Å². The fourth-order valence-electron chi connectivity index (χ4n) is 3.22. The van der Waals surface area contributed by atoms with Crippen LogP contribution in [0.5, 0.6) is 0 Å². The van der Waals surface area contributed by atoms with Crippen LogP contribution in [0.4, 0.5) is 0 Å². The van der Waals surface area contributed by atoms with Crippen molar-refractivity contribution in [2.24, 2.45) is 5.92 Å². The number of rotatable bonds is 3. The Kier molecular flexibility index (Phi) is 4.07. The topological polar surface area (TPSA) is 26.3 Å². The van der Waals surface area contributed by atoms with Crippen LogP contribution in [0.25, 0.3) is 0 Å². The highest BCUT2D eigenvalue weighted by molar-refractivity contribution is 6.35. The molecule has 2 aliphatic rings. The highest BCUT2D eigenvalue weighted by Gasteiger charge is 2.44. The summed E-state index contributed by atoms with van der Waals surface area (Å²) in [5, 5.41) is 1.18. The van der Waals surface area contributed by atoms with Gasteiger partial charge >= 0.3 is 0 Å². The predicted molar refractivity (Wildman–Crippen MR) is 80.4 cm³/mol. The van der Waals surface area contributed by atoms with Crippen LogP contribution in [0, 0.1) is 5.92 Å². The van der Waals surface area contributed by atoms with Gasteiger partial charge in [0.05, 0.1) is 5.60 Å². The van der Waals surface area contributed by atoms with E-state index in [0.29, 0.717) is 23.1 Å². The average Bonchev–Trinajstić information content (AvgIpc) is 2.40. The lowest BCUT2D eigenvalue weighted by Crippen LogP contribution is -2.47. The summed E-state index contributed by atoms with van der Waals surface area (Å²) in [6, 6.07) is 5.33. The Morgan fingerprint density at radius 2 is 2.15 bits per heavy atom. The SMILES string of the molecule is O=C(Cc1ccc(Cl)cc1Cl)C1CCOC2(CCC2)C1. The van der Waals surface area contributed by atoms with E-state index in [0.717, 1.165) is 31.2 Å². The summed E-state index contributed by atoms with van der Waals surface area (Å²) in [7, 11) is 0. The Balaban J connectivity index is 1.66. The van der Waals surface area contributed by atoms with E-state index in [4.69, 9.17) is 27.9 Å². The van der Waals surface area contributed by atoms with Crippen molar-refractivity contribution in [1.29, 1.82) is 0 Å². The molecule has 1 saturated heterocycles. The summed E-state index contributed by atoms with van der Waals surface area (Å²) in [5.74, 6) is 0.402. The highest BCUT2D eigenvalue weighted by atomic mass is 35.5. The van der Waals surface area contributed by atoms with Crippen LogP contribution in [0.2, 0.25) is 10.0 Å². The molecule has 1 aliphatic heterocycles. The van der Waals surface area contributed by atoms with Crippen molar-refractivity contribution in [2.45, 2.75) is 44.1 Å². The fourth-order valence-corrected chi connectivity index (χ4v) is 3.69. The molecule has 0 amide bonds. The Morgan fingerprint density at radius 1 is 1.35 bits per heavy atom. The van der Waals surface area contributed by atoms with Gasteiger partial charge in [-0.2, -0.15) is 0 Å². The van der Waals surface area contributed by atoms with Crippen LogP contribution in [-0.4, -0.2) is 18.0 Å². The number of hydrogen-bond acceptors (Lipinski definition) is 2. The summed E-state index contributed by atoms with van der Waals surface area (Å²) in [4.78, 5) is 12.5. The summed E-state index contributed by atoms with van der Waals surface area (Å²) < 4.78 is 5.88. The number of Topliss-reactive ketones (excluding diaryl/α,β-unsaturated/α-hetero) is 1. The van der Waals surface area contributed by atoms with E-state index < -0.39 is 0 Å². The molecule has 4 heteroatoms. The van der Waals surface area contributed by atoms with Gasteiger partial charge in [-0.1, -0.05) is 29.3 Å². The number of halogens is 2. The maximum Gasteiger partial charge on any atom is 0.140 e. The van der Waals surface area contributed by atoms with E-state index in [1.165, 1.54) is 6.42 Å². The lowest BCUT2D eigenvalue weighted by molar-refractivity contribution is -0.155. The Morgan fingerprint density at radius 3 is 2.80 bits per heavy atom. The van der Waals surface area contributed by atoms with Crippen LogP contribution < -0.4 is 0 Å². The smallest absolute Gasteiger partial charge is 0.140 e. The maximum atomic E-state index is 12.5. The number of benzene rings is 1. The molecule has 0 aromatic heterocycles. The molecule has 1 unspecified atom stereocenters. The van der Waals surface area contributed by atoms with E-state index in [-0.39, 0.29) is 17.3 Å². The molecule has 2 fully saturated rings. The second-order valence-corrected chi connectivity index (χ2v) is 6.80. The number of carbonyl (C=O) groups excluding carboxylic acids is 1. The molecular weight excluding hydrogens is 295 g/mol. The largest absolute Gasteiger partial charge is 0.375 e. The summed E-state index contributed by atoms with van der Waals surface area (Å²) in [5.41, 5.74) is 0.887. The lowest BCUT2D eigenvalue weighted by Gasteiger charge is -2.46. The molecule has 0 bridgehead atoms. The minimum atomic E-state index is 0.0162. The molecule has 1 aromatic carbocycles. The van der Waals surface area contributed by atoms with Gasteiger partial charge in [0.1, 0.15) is 5.78 Å². The van der Waals surface area contributed by atoms with Crippen LogP contribution in [0.15, 0.2) is 18.2 Å². The zero-order valence-corrected chi connectivity index (χ0v) is 12.8. The van der Waals surface area contributed by atoms with Crippen molar-refractivity contribution >= 4 is 29.0 Å². The first-order chi connectivity index (χ1) is 9.58. The third-order valence-electron chi connectivity index (χ3n) is 4.59. The van der Waals surface area contributed by atoms with E-state index in [2.05, 4.69) is 0 Å². The minimum Gasteiger partial charge on any atom is -0.375 e. The van der Waals surface area contributed by atoms with Crippen molar-refractivity contribution in [3.05, 3.63) is 33.8 Å². The van der Waals surface area contributed by atoms with Gasteiger partial charge in [0.15, 0.2) is 0 Å². The zero-order valence-electron chi connectivity index (χ0n) is 11.3. The summed E-state index contributed by atoms with van der Waals surface area (Å²) >= 11 is 12.0. The van der Waals surface area contributed by atoms with Crippen LogP contribution in [-0.2, 0) is 16.0 Å². The number of ketones is 1. The second-order valence-electron chi connectivity index (χ2n) is 5.95. The van der Waals surface area contributed by atoms with Gasteiger partial charge in [0, 0.05) is 29.0 Å². The number of hydrogen-bond donors (Lipinski definition) is 0. The van der Waals surface area contributed by atoms with E-state index in [9.17, 15) is 4.79 Å². The molecule has 20 heavy (non-hydrogen) atoms. The Bertz CT molecular complexity index is 523. The van der Waals surface area contributed by atoms with E-state index >= 15 is 0 Å². The first kappa shape index (κ1) is 14.4. The second kappa shape index (κ2) is 5.67. The Hall–Kier alpha value is -0.570. The van der Waals surface area contributed by atoms with Crippen molar-refractivity contribution in [3.8, 4) is 0 Å². The van der Waals surface area contributed by atoms with Gasteiger partial charge in [-0.15, -0.1) is 0 Å². The summed E-state index contributed by atoms with van der Waals surface area (Å²) in [6.07, 6.45) is 5.57. The molecular formula is C16H18Cl2O2. The molecule has 1 atom stereocenters. The number of carbonyl (C=O) groups is 1. The van der Waals surface area contributed by atoms with Gasteiger partial charge in [0.2, 0.25) is 0 Å². The van der Waals surface area contributed by atoms with Gasteiger partial charge in [-0.3, -0.25) is 4.79 Å². The molecule has 108 valence electrons. The fraction of sp³-hybridized carbons (Fsp3) is 0.562. The molecule has 1 aromatic rings. The van der Waals surface area contributed by atoms with Crippen LogP contribution in [0.1, 0.15) is 37.7 Å². The third kappa shape index (κ3) is 2.88. The monoisotopic (exact) mass is 312 g/mol. The normalized spacial score (nSPS) is 24.4. The van der Waals surface area contributed by atoms with Crippen molar-refractivity contribution in [2.75, 3.05) is 6.61 Å². The van der Waals surface area contributed by atoms with E-state index in [1.807, 2.05) is 6.07 Å². The minimum absolute atomic E-state index is 0.0162. The molecule has 1 heterocycles. The van der Waals surface area contributed by atoms with Gasteiger partial charge < -0.3 is 4.74 Å². The highest BCUT2D eigenvalue weighted by Crippen LogP contribution is 2.44. The van der Waals surface area contributed by atoms with E-state index in [1.54, 1.807) is 12.1 Å². The average molecular weight is 313 g/mol. The first-order valence-electron chi connectivity index (χ1n) is 7.19. The van der Waals surface area contributed by atoms with Gasteiger partial charge in [-0.05, 0) is 49.8 Å². The molecule has 0 radical (unpaired) electrons. The Labute approximate surface area is 129 Å². The van der Waals surface area contributed by atoms with Crippen molar-refractivity contribution in [3.63, 3.8) is 0 Å². The standard InChI is InChI=1S/C16H18Cl2O2/c17-13-3-2-11(14(18)9-13)8-15(19)12-4-7-20-16(10-12)5-1-6-16/h2-3,9,12H,1,4-8,10H2. The zero-order chi connectivity index (χ0) is 14.2. The molecule has 3 rings (SSSR count). The number of ether oxygens (including phenoxy) is 1. The van der Waals surface area contributed by atoms with Crippen molar-refractivity contribution < 1.29 is 9.53 Å². The molecule has 2 nitrogen and oxygen atoms in total. The van der Waals surface area contributed by atoms with Crippen LogP contribution in [0.3, 0.4) is 0 Å². The predicted octanol–water partition coefficient (Wildman–Crippen LogP) is 4.45.